The molecule has 5 heteroatoms. The van der Waals surface area contributed by atoms with Gasteiger partial charge in [-0.05, 0) is 24.6 Å². The molecular weight excluding hydrogens is 218 g/mol. The van der Waals surface area contributed by atoms with Gasteiger partial charge in [0.2, 0.25) is 0 Å². The number of nitrogens with two attached hydrogens (primary N) is 1. The van der Waals surface area contributed by atoms with Gasteiger partial charge in [-0.15, -0.1) is 0 Å². The summed E-state index contributed by atoms with van der Waals surface area (Å²) in [4.78, 5) is 14.4. The molecule has 2 N–H and O–H groups in total. The lowest BCUT2D eigenvalue weighted by Gasteiger charge is -2.05. The Kier molecular flexibility index (Phi) is 2.74. The minimum Gasteiger partial charge on any atom is -0.384 e. The van der Waals surface area contributed by atoms with E-state index in [0.717, 1.165) is 16.8 Å². The summed E-state index contributed by atoms with van der Waals surface area (Å²) < 4.78 is 0. The SMILES string of the molecule is Cc1nc(N)ccc1-c1cccc([N+](=O)[O-])c1. The second-order valence-electron chi connectivity index (χ2n) is 3.68. The number of anilines is 1. The van der Waals surface area contributed by atoms with Crippen molar-refractivity contribution in [3.63, 3.8) is 0 Å². The summed E-state index contributed by atoms with van der Waals surface area (Å²) in [6.45, 7) is 1.82. The summed E-state index contributed by atoms with van der Waals surface area (Å²) >= 11 is 0. The van der Waals surface area contributed by atoms with Crippen LogP contribution in [0.3, 0.4) is 0 Å². The molecule has 0 unspecified atom stereocenters. The van der Waals surface area contributed by atoms with Crippen LogP contribution >= 0.6 is 0 Å². The first-order valence-electron chi connectivity index (χ1n) is 5.06. The molecule has 0 aliphatic carbocycles. The number of hydrogen-bond acceptors (Lipinski definition) is 4. The van der Waals surface area contributed by atoms with Crippen molar-refractivity contribution in [2.75, 3.05) is 5.73 Å². The molecule has 0 fully saturated rings. The third-order valence-electron chi connectivity index (χ3n) is 2.48. The second kappa shape index (κ2) is 4.21. The highest BCUT2D eigenvalue weighted by Crippen LogP contribution is 2.26. The summed E-state index contributed by atoms with van der Waals surface area (Å²) in [5, 5.41) is 10.7. The zero-order chi connectivity index (χ0) is 12.4. The van der Waals surface area contributed by atoms with E-state index in [-0.39, 0.29) is 5.69 Å². The van der Waals surface area contributed by atoms with Crippen LogP contribution in [0.2, 0.25) is 0 Å². The van der Waals surface area contributed by atoms with Gasteiger partial charge in [0.1, 0.15) is 5.82 Å². The fourth-order valence-electron chi connectivity index (χ4n) is 1.67. The van der Waals surface area contributed by atoms with Crippen LogP contribution < -0.4 is 5.73 Å². The molecule has 0 radical (unpaired) electrons. The van der Waals surface area contributed by atoms with Crippen molar-refractivity contribution < 1.29 is 4.92 Å². The average Bonchev–Trinajstić information content (AvgIpc) is 2.29. The average molecular weight is 229 g/mol. The first-order valence-corrected chi connectivity index (χ1v) is 5.06. The van der Waals surface area contributed by atoms with Gasteiger partial charge in [-0.3, -0.25) is 10.1 Å². The zero-order valence-electron chi connectivity index (χ0n) is 9.25. The molecule has 0 bridgehead atoms. The maximum atomic E-state index is 10.7. The number of benzene rings is 1. The van der Waals surface area contributed by atoms with E-state index < -0.39 is 4.92 Å². The lowest BCUT2D eigenvalue weighted by Crippen LogP contribution is -1.94. The van der Waals surface area contributed by atoms with Gasteiger partial charge in [-0.2, -0.15) is 0 Å². The highest BCUT2D eigenvalue weighted by atomic mass is 16.6. The Hall–Kier alpha value is -2.43. The fourth-order valence-corrected chi connectivity index (χ4v) is 1.67. The van der Waals surface area contributed by atoms with Crippen LogP contribution in [0.25, 0.3) is 11.1 Å². The Morgan fingerprint density at radius 3 is 2.71 bits per heavy atom. The van der Waals surface area contributed by atoms with Crippen molar-refractivity contribution >= 4 is 11.5 Å². The number of rotatable bonds is 2. The van der Waals surface area contributed by atoms with Crippen molar-refractivity contribution in [2.45, 2.75) is 6.92 Å². The first kappa shape index (κ1) is 11.1. The molecule has 17 heavy (non-hydrogen) atoms. The summed E-state index contributed by atoms with van der Waals surface area (Å²) in [6.07, 6.45) is 0. The molecule has 2 rings (SSSR count). The highest BCUT2D eigenvalue weighted by molar-refractivity contribution is 5.69. The standard InChI is InChI=1S/C12H11N3O2/c1-8-11(5-6-12(13)14-8)9-3-2-4-10(7-9)15(16)17/h2-7H,1H3,(H2,13,14). The van der Waals surface area contributed by atoms with Crippen molar-refractivity contribution in [1.29, 1.82) is 0 Å². The number of nitro benzene ring substituents is 1. The van der Waals surface area contributed by atoms with Crippen LogP contribution in [0.4, 0.5) is 11.5 Å². The summed E-state index contributed by atoms with van der Waals surface area (Å²) in [5.41, 5.74) is 8.01. The number of hydrogen-bond donors (Lipinski definition) is 1. The number of non-ortho nitro benzene ring substituents is 1. The monoisotopic (exact) mass is 229 g/mol. The van der Waals surface area contributed by atoms with E-state index in [1.807, 2.05) is 19.1 Å². The molecule has 0 aliphatic heterocycles. The minimum atomic E-state index is -0.413. The smallest absolute Gasteiger partial charge is 0.270 e. The van der Waals surface area contributed by atoms with E-state index in [1.165, 1.54) is 12.1 Å². The van der Waals surface area contributed by atoms with Crippen LogP contribution in [-0.2, 0) is 0 Å². The Morgan fingerprint density at radius 1 is 1.29 bits per heavy atom. The molecule has 0 amide bonds. The lowest BCUT2D eigenvalue weighted by molar-refractivity contribution is -0.384. The van der Waals surface area contributed by atoms with Gasteiger partial charge >= 0.3 is 0 Å². The fraction of sp³-hybridized carbons (Fsp3) is 0.0833. The van der Waals surface area contributed by atoms with E-state index in [2.05, 4.69) is 4.98 Å². The van der Waals surface area contributed by atoms with Gasteiger partial charge in [0, 0.05) is 23.4 Å². The highest BCUT2D eigenvalue weighted by Gasteiger charge is 2.09. The topological polar surface area (TPSA) is 82.0 Å². The van der Waals surface area contributed by atoms with Crippen LogP contribution in [-0.4, -0.2) is 9.91 Å². The second-order valence-corrected chi connectivity index (χ2v) is 3.68. The molecular formula is C12H11N3O2. The molecule has 1 heterocycles. The van der Waals surface area contributed by atoms with Crippen LogP contribution in [0, 0.1) is 17.0 Å². The number of aryl methyl sites for hydroxylation is 1. The van der Waals surface area contributed by atoms with Crippen LogP contribution in [0.5, 0.6) is 0 Å². The van der Waals surface area contributed by atoms with E-state index >= 15 is 0 Å². The van der Waals surface area contributed by atoms with Crippen molar-refractivity contribution in [3.05, 3.63) is 52.2 Å². The normalized spacial score (nSPS) is 10.2. The lowest BCUT2D eigenvalue weighted by atomic mass is 10.0. The number of nitrogens with zero attached hydrogens (tertiary/aromatic N) is 2. The predicted molar refractivity (Wildman–Crippen MR) is 65.5 cm³/mol. The zero-order valence-corrected chi connectivity index (χ0v) is 9.25. The summed E-state index contributed by atoms with van der Waals surface area (Å²) in [5.74, 6) is 0.441. The third kappa shape index (κ3) is 2.23. The van der Waals surface area contributed by atoms with Gasteiger partial charge in [-0.25, -0.2) is 4.98 Å². The maximum Gasteiger partial charge on any atom is 0.270 e. The molecule has 86 valence electrons. The van der Waals surface area contributed by atoms with Gasteiger partial charge in [0.25, 0.3) is 5.69 Å². The van der Waals surface area contributed by atoms with Crippen molar-refractivity contribution in [2.24, 2.45) is 0 Å². The van der Waals surface area contributed by atoms with Gasteiger partial charge in [0.05, 0.1) is 4.92 Å². The number of nitro groups is 1. The summed E-state index contributed by atoms with van der Waals surface area (Å²) in [7, 11) is 0. The molecule has 0 spiro atoms. The molecule has 5 nitrogen and oxygen atoms in total. The van der Waals surface area contributed by atoms with E-state index in [4.69, 9.17) is 5.73 Å². The molecule has 0 saturated heterocycles. The quantitative estimate of drug-likeness (QED) is 0.633. The van der Waals surface area contributed by atoms with Gasteiger partial charge < -0.3 is 5.73 Å². The molecule has 1 aromatic heterocycles. The maximum absolute atomic E-state index is 10.7. The third-order valence-corrected chi connectivity index (χ3v) is 2.48. The number of nitrogen functional groups attached to an aromatic ring is 1. The van der Waals surface area contributed by atoms with Crippen LogP contribution in [0.15, 0.2) is 36.4 Å². The molecule has 0 atom stereocenters. The Balaban J connectivity index is 2.53. The van der Waals surface area contributed by atoms with E-state index in [1.54, 1.807) is 12.1 Å². The van der Waals surface area contributed by atoms with Crippen molar-refractivity contribution in [1.82, 2.24) is 4.98 Å². The Morgan fingerprint density at radius 2 is 2.06 bits per heavy atom. The van der Waals surface area contributed by atoms with E-state index in [0.29, 0.717) is 5.82 Å². The first-order chi connectivity index (χ1) is 8.08. The molecule has 1 aromatic carbocycles. The van der Waals surface area contributed by atoms with E-state index in [9.17, 15) is 10.1 Å². The largest absolute Gasteiger partial charge is 0.384 e. The summed E-state index contributed by atoms with van der Waals surface area (Å²) in [6, 6.07) is 9.96. The molecule has 0 saturated carbocycles. The van der Waals surface area contributed by atoms with Crippen LogP contribution in [0.1, 0.15) is 5.69 Å². The number of aromatic nitrogens is 1. The van der Waals surface area contributed by atoms with Gasteiger partial charge in [-0.1, -0.05) is 12.1 Å². The molecule has 2 aromatic rings. The van der Waals surface area contributed by atoms with Gasteiger partial charge in [0.15, 0.2) is 0 Å². The predicted octanol–water partition coefficient (Wildman–Crippen LogP) is 2.55. The molecule has 0 aliphatic rings. The number of pyridine rings is 1. The Labute approximate surface area is 98.1 Å². The Bertz CT molecular complexity index is 582. The van der Waals surface area contributed by atoms with Crippen molar-refractivity contribution in [3.8, 4) is 11.1 Å². The minimum absolute atomic E-state index is 0.0683.